The first-order valence-electron chi connectivity index (χ1n) is 8.98. The number of nitrogens with one attached hydrogen (secondary N) is 1. The molecular weight excluding hydrogens is 296 g/mol. The molecule has 1 aromatic carbocycles. The van der Waals surface area contributed by atoms with Crippen LogP contribution in [0.3, 0.4) is 0 Å². The van der Waals surface area contributed by atoms with E-state index in [9.17, 15) is 0 Å². The quantitative estimate of drug-likeness (QED) is 0.768. The highest BCUT2D eigenvalue weighted by Crippen LogP contribution is 2.41. The Kier molecular flexibility index (Phi) is 3.63. The van der Waals surface area contributed by atoms with Crippen molar-refractivity contribution in [2.24, 2.45) is 0 Å². The number of H-pyrrole nitrogens is 1. The van der Waals surface area contributed by atoms with Crippen LogP contribution >= 0.6 is 0 Å². The van der Waals surface area contributed by atoms with Gasteiger partial charge >= 0.3 is 0 Å². The summed E-state index contributed by atoms with van der Waals surface area (Å²) in [5, 5.41) is 8.99. The van der Waals surface area contributed by atoms with E-state index in [0.717, 1.165) is 41.7 Å². The van der Waals surface area contributed by atoms with Crippen molar-refractivity contribution in [3.63, 3.8) is 0 Å². The molecule has 24 heavy (non-hydrogen) atoms. The van der Waals surface area contributed by atoms with Crippen molar-refractivity contribution in [2.75, 3.05) is 0 Å². The van der Waals surface area contributed by atoms with Gasteiger partial charge in [-0.05, 0) is 43.7 Å². The van der Waals surface area contributed by atoms with Crippen LogP contribution in [0.25, 0.3) is 22.4 Å². The molecule has 1 unspecified atom stereocenters. The lowest BCUT2D eigenvalue weighted by molar-refractivity contribution is 0.371. The average molecular weight is 320 g/mol. The third-order valence-corrected chi connectivity index (χ3v) is 5.65. The Morgan fingerprint density at radius 3 is 2.92 bits per heavy atom. The molecule has 124 valence electrons. The molecule has 0 saturated heterocycles. The van der Waals surface area contributed by atoms with E-state index in [1.165, 1.54) is 29.7 Å². The van der Waals surface area contributed by atoms with Gasteiger partial charge in [-0.15, -0.1) is 0 Å². The Morgan fingerprint density at radius 2 is 2.12 bits per heavy atom. The first-order chi connectivity index (χ1) is 11.6. The van der Waals surface area contributed by atoms with Gasteiger partial charge in [0.15, 0.2) is 5.82 Å². The summed E-state index contributed by atoms with van der Waals surface area (Å²) in [4.78, 5) is 9.43. The molecule has 2 heterocycles. The fourth-order valence-electron chi connectivity index (χ4n) is 3.82. The van der Waals surface area contributed by atoms with E-state index in [1.54, 1.807) is 0 Å². The molecule has 0 spiro atoms. The summed E-state index contributed by atoms with van der Waals surface area (Å²) in [6.07, 6.45) is 7.53. The summed E-state index contributed by atoms with van der Waals surface area (Å²) >= 11 is 0. The van der Waals surface area contributed by atoms with Gasteiger partial charge in [-0.1, -0.05) is 32.9 Å². The summed E-state index contributed by atoms with van der Waals surface area (Å²) in [7, 11) is 0. The molecule has 1 atom stereocenters. The van der Waals surface area contributed by atoms with Crippen molar-refractivity contribution in [3.05, 3.63) is 41.2 Å². The average Bonchev–Trinajstić information content (AvgIpc) is 3.06. The molecule has 4 nitrogen and oxygen atoms in total. The predicted octanol–water partition coefficient (Wildman–Crippen LogP) is 4.59. The van der Waals surface area contributed by atoms with E-state index in [1.807, 2.05) is 6.20 Å². The monoisotopic (exact) mass is 320 g/mol. The van der Waals surface area contributed by atoms with Crippen molar-refractivity contribution in [1.82, 2.24) is 20.2 Å². The standard InChI is InChI=1S/C20H24N4/c1-4-13-8-9-14-12-21-19(22-16(14)11-13)17-15-7-6-10-20(3,5-2)18(15)24-23-17/h8-9,11-12H,4-7,10H2,1-3H3,(H,23,24). The highest BCUT2D eigenvalue weighted by Gasteiger charge is 2.35. The third kappa shape index (κ3) is 2.32. The fraction of sp³-hybridized carbons (Fsp3) is 0.450. The van der Waals surface area contributed by atoms with Gasteiger partial charge in [-0.25, -0.2) is 9.97 Å². The van der Waals surface area contributed by atoms with Crippen molar-refractivity contribution >= 4 is 10.9 Å². The third-order valence-electron chi connectivity index (χ3n) is 5.65. The van der Waals surface area contributed by atoms with Crippen molar-refractivity contribution in [1.29, 1.82) is 0 Å². The summed E-state index contributed by atoms with van der Waals surface area (Å²) in [5.74, 6) is 0.768. The summed E-state index contributed by atoms with van der Waals surface area (Å²) < 4.78 is 0. The van der Waals surface area contributed by atoms with Gasteiger partial charge in [0.05, 0.1) is 11.2 Å². The van der Waals surface area contributed by atoms with Crippen LogP contribution in [0.5, 0.6) is 0 Å². The van der Waals surface area contributed by atoms with Gasteiger partial charge in [0.2, 0.25) is 0 Å². The molecule has 0 bridgehead atoms. The minimum Gasteiger partial charge on any atom is -0.274 e. The second-order valence-corrected chi connectivity index (χ2v) is 7.13. The molecule has 0 aliphatic heterocycles. The van der Waals surface area contributed by atoms with Crippen molar-refractivity contribution in [2.45, 2.75) is 58.3 Å². The number of rotatable bonds is 3. The lowest BCUT2D eigenvalue weighted by Gasteiger charge is -2.31. The van der Waals surface area contributed by atoms with Crippen LogP contribution in [0.4, 0.5) is 0 Å². The lowest BCUT2D eigenvalue weighted by Crippen LogP contribution is -2.26. The zero-order valence-electron chi connectivity index (χ0n) is 14.7. The number of benzene rings is 1. The normalized spacial score (nSPS) is 20.3. The van der Waals surface area contributed by atoms with Gasteiger partial charge in [-0.3, -0.25) is 5.10 Å². The highest BCUT2D eigenvalue weighted by atomic mass is 15.1. The molecule has 0 fully saturated rings. The number of aromatic nitrogens is 4. The summed E-state index contributed by atoms with van der Waals surface area (Å²) in [6.45, 7) is 6.74. The minimum atomic E-state index is 0.175. The van der Waals surface area contributed by atoms with Crippen LogP contribution in [-0.2, 0) is 18.3 Å². The van der Waals surface area contributed by atoms with Crippen LogP contribution in [0.15, 0.2) is 24.4 Å². The minimum absolute atomic E-state index is 0.175. The van der Waals surface area contributed by atoms with Crippen molar-refractivity contribution < 1.29 is 0 Å². The second-order valence-electron chi connectivity index (χ2n) is 7.13. The molecule has 3 aromatic rings. The topological polar surface area (TPSA) is 54.5 Å². The van der Waals surface area contributed by atoms with Crippen LogP contribution < -0.4 is 0 Å². The second kappa shape index (κ2) is 5.69. The van der Waals surface area contributed by atoms with E-state index in [4.69, 9.17) is 4.98 Å². The number of fused-ring (bicyclic) bond motifs is 2. The lowest BCUT2D eigenvalue weighted by atomic mass is 9.73. The Balaban J connectivity index is 1.84. The summed E-state index contributed by atoms with van der Waals surface area (Å²) in [5.41, 5.74) is 6.03. The molecule has 2 aromatic heterocycles. The van der Waals surface area contributed by atoms with Crippen molar-refractivity contribution in [3.8, 4) is 11.5 Å². The maximum atomic E-state index is 4.83. The molecule has 0 amide bonds. The van der Waals surface area contributed by atoms with Crippen LogP contribution in [0.1, 0.15) is 56.9 Å². The Bertz CT molecular complexity index is 896. The van der Waals surface area contributed by atoms with Crippen LogP contribution in [0, 0.1) is 0 Å². The molecule has 1 aliphatic carbocycles. The molecule has 4 heteroatoms. The van der Waals surface area contributed by atoms with Gasteiger partial charge < -0.3 is 0 Å². The number of aryl methyl sites for hydroxylation is 1. The number of hydrogen-bond donors (Lipinski definition) is 1. The van der Waals surface area contributed by atoms with Crippen LogP contribution in [-0.4, -0.2) is 20.2 Å². The van der Waals surface area contributed by atoms with Gasteiger partial charge in [0.25, 0.3) is 0 Å². The highest BCUT2D eigenvalue weighted by molar-refractivity contribution is 5.80. The Labute approximate surface area is 142 Å². The van der Waals surface area contributed by atoms with Gasteiger partial charge in [0.1, 0.15) is 5.69 Å². The molecule has 1 aliphatic rings. The fourth-order valence-corrected chi connectivity index (χ4v) is 3.82. The molecule has 0 saturated carbocycles. The maximum absolute atomic E-state index is 4.83. The zero-order chi connectivity index (χ0) is 16.7. The van der Waals surface area contributed by atoms with Gasteiger partial charge in [0, 0.05) is 22.6 Å². The smallest absolute Gasteiger partial charge is 0.178 e. The van der Waals surface area contributed by atoms with E-state index in [-0.39, 0.29) is 5.41 Å². The van der Waals surface area contributed by atoms with Crippen LogP contribution in [0.2, 0.25) is 0 Å². The maximum Gasteiger partial charge on any atom is 0.178 e. The largest absolute Gasteiger partial charge is 0.274 e. The van der Waals surface area contributed by atoms with E-state index in [0.29, 0.717) is 0 Å². The first kappa shape index (κ1) is 15.3. The molecule has 0 radical (unpaired) electrons. The Hall–Kier alpha value is -2.23. The number of nitrogens with zero attached hydrogens (tertiary/aromatic N) is 3. The number of aromatic amines is 1. The molecule has 1 N–H and O–H groups in total. The Morgan fingerprint density at radius 1 is 1.25 bits per heavy atom. The SMILES string of the molecule is CCc1ccc2cnc(-c3[nH]nc4c3CCCC4(C)CC)nc2c1. The first-order valence-corrected chi connectivity index (χ1v) is 8.98. The summed E-state index contributed by atoms with van der Waals surface area (Å²) in [6, 6.07) is 6.42. The van der Waals surface area contributed by atoms with Gasteiger partial charge in [-0.2, -0.15) is 5.10 Å². The van der Waals surface area contributed by atoms with E-state index in [2.05, 4.69) is 54.2 Å². The van der Waals surface area contributed by atoms with E-state index >= 15 is 0 Å². The number of hydrogen-bond acceptors (Lipinski definition) is 3. The predicted molar refractivity (Wildman–Crippen MR) is 97.1 cm³/mol. The molecule has 4 rings (SSSR count). The zero-order valence-corrected chi connectivity index (χ0v) is 14.7. The molecular formula is C20H24N4. The van der Waals surface area contributed by atoms with E-state index < -0.39 is 0 Å².